The van der Waals surface area contributed by atoms with Gasteiger partial charge in [-0.05, 0) is 42.2 Å². The fraction of sp³-hybridized carbons (Fsp3) is 0.571. The zero-order valence-corrected chi connectivity index (χ0v) is 12.3. The summed E-state index contributed by atoms with van der Waals surface area (Å²) >= 11 is 1.58. The summed E-state index contributed by atoms with van der Waals surface area (Å²) in [4.78, 5) is 23.2. The SMILES string of the molecule is CC(NC(=O)NCC1(C(=O)O)CCCC1)c1ccsc1. The molecule has 20 heavy (non-hydrogen) atoms. The summed E-state index contributed by atoms with van der Waals surface area (Å²) in [5, 5.41) is 18.8. The van der Waals surface area contributed by atoms with E-state index in [-0.39, 0.29) is 18.6 Å². The normalized spacial score (nSPS) is 18.4. The van der Waals surface area contributed by atoms with Crippen molar-refractivity contribution in [3.05, 3.63) is 22.4 Å². The Morgan fingerprint density at radius 1 is 1.45 bits per heavy atom. The summed E-state index contributed by atoms with van der Waals surface area (Å²) in [6, 6.07) is 1.58. The highest BCUT2D eigenvalue weighted by Crippen LogP contribution is 2.37. The molecule has 5 nitrogen and oxygen atoms in total. The molecule has 1 aliphatic rings. The van der Waals surface area contributed by atoms with Crippen molar-refractivity contribution in [3.8, 4) is 0 Å². The molecule has 1 unspecified atom stereocenters. The Kier molecular flexibility index (Phi) is 4.65. The molecule has 3 N–H and O–H groups in total. The Hall–Kier alpha value is -1.56. The largest absolute Gasteiger partial charge is 0.481 e. The number of urea groups is 1. The molecule has 1 aromatic heterocycles. The highest BCUT2D eigenvalue weighted by molar-refractivity contribution is 7.07. The fourth-order valence-electron chi connectivity index (χ4n) is 2.62. The van der Waals surface area contributed by atoms with Crippen molar-refractivity contribution in [1.82, 2.24) is 10.6 Å². The molecule has 110 valence electrons. The topological polar surface area (TPSA) is 78.4 Å². The number of carbonyl (C=O) groups excluding carboxylic acids is 1. The molecular formula is C14H20N2O3S. The lowest BCUT2D eigenvalue weighted by Crippen LogP contribution is -2.45. The van der Waals surface area contributed by atoms with Crippen molar-refractivity contribution in [3.63, 3.8) is 0 Å². The number of carboxylic acid groups (broad SMARTS) is 1. The average molecular weight is 296 g/mol. The van der Waals surface area contributed by atoms with Crippen molar-refractivity contribution in [2.75, 3.05) is 6.54 Å². The van der Waals surface area contributed by atoms with Crippen LogP contribution in [0.2, 0.25) is 0 Å². The van der Waals surface area contributed by atoms with Gasteiger partial charge in [-0.3, -0.25) is 4.79 Å². The zero-order valence-electron chi connectivity index (χ0n) is 11.5. The Morgan fingerprint density at radius 3 is 2.70 bits per heavy atom. The molecule has 0 bridgehead atoms. The van der Waals surface area contributed by atoms with Gasteiger partial charge < -0.3 is 15.7 Å². The minimum Gasteiger partial charge on any atom is -0.481 e. The number of rotatable bonds is 5. The molecule has 1 aliphatic carbocycles. The van der Waals surface area contributed by atoms with Crippen LogP contribution in [0.15, 0.2) is 16.8 Å². The van der Waals surface area contributed by atoms with Crippen LogP contribution < -0.4 is 10.6 Å². The highest BCUT2D eigenvalue weighted by atomic mass is 32.1. The third kappa shape index (κ3) is 3.30. The fourth-order valence-corrected chi connectivity index (χ4v) is 3.37. The number of aliphatic carboxylic acids is 1. The van der Waals surface area contributed by atoms with Crippen LogP contribution >= 0.6 is 11.3 Å². The number of hydrogen-bond donors (Lipinski definition) is 3. The van der Waals surface area contributed by atoms with Crippen molar-refractivity contribution in [2.45, 2.75) is 38.6 Å². The Balaban J connectivity index is 1.84. The van der Waals surface area contributed by atoms with E-state index in [9.17, 15) is 14.7 Å². The second kappa shape index (κ2) is 6.26. The van der Waals surface area contributed by atoms with E-state index in [1.165, 1.54) is 0 Å². The molecule has 0 radical (unpaired) electrons. The summed E-state index contributed by atoms with van der Waals surface area (Å²) in [7, 11) is 0. The molecule has 0 aromatic carbocycles. The van der Waals surface area contributed by atoms with E-state index in [2.05, 4.69) is 10.6 Å². The molecule has 1 heterocycles. The van der Waals surface area contributed by atoms with E-state index in [4.69, 9.17) is 0 Å². The number of carboxylic acids is 1. The van der Waals surface area contributed by atoms with Gasteiger partial charge in [-0.2, -0.15) is 11.3 Å². The lowest BCUT2D eigenvalue weighted by atomic mass is 9.86. The van der Waals surface area contributed by atoms with Gasteiger partial charge in [0.1, 0.15) is 0 Å². The van der Waals surface area contributed by atoms with Crippen LogP contribution in [-0.4, -0.2) is 23.7 Å². The molecule has 1 saturated carbocycles. The lowest BCUT2D eigenvalue weighted by Gasteiger charge is -2.24. The molecule has 0 saturated heterocycles. The first kappa shape index (κ1) is 14.8. The van der Waals surface area contributed by atoms with Crippen LogP contribution in [0.4, 0.5) is 4.79 Å². The number of carbonyl (C=O) groups is 2. The number of nitrogens with one attached hydrogen (secondary N) is 2. The van der Waals surface area contributed by atoms with Gasteiger partial charge in [-0.1, -0.05) is 12.8 Å². The van der Waals surface area contributed by atoms with Gasteiger partial charge in [0.25, 0.3) is 0 Å². The van der Waals surface area contributed by atoms with Crippen molar-refractivity contribution in [1.29, 1.82) is 0 Å². The van der Waals surface area contributed by atoms with Crippen LogP contribution in [-0.2, 0) is 4.79 Å². The van der Waals surface area contributed by atoms with Gasteiger partial charge in [-0.15, -0.1) is 0 Å². The van der Waals surface area contributed by atoms with Crippen molar-refractivity contribution < 1.29 is 14.7 Å². The maximum atomic E-state index is 11.9. The highest BCUT2D eigenvalue weighted by Gasteiger charge is 2.41. The van der Waals surface area contributed by atoms with Gasteiger partial charge in [0.15, 0.2) is 0 Å². The van der Waals surface area contributed by atoms with E-state index >= 15 is 0 Å². The maximum Gasteiger partial charge on any atom is 0.315 e. The number of thiophene rings is 1. The standard InChI is InChI=1S/C14H20N2O3S/c1-10(11-4-7-20-8-11)16-13(19)15-9-14(12(17)18)5-2-3-6-14/h4,7-8,10H,2-3,5-6,9H2,1H3,(H,17,18)(H2,15,16,19). The average Bonchev–Trinajstić information content (AvgIpc) is 3.08. The van der Waals surface area contributed by atoms with E-state index in [1.54, 1.807) is 11.3 Å². The molecular weight excluding hydrogens is 276 g/mol. The predicted molar refractivity (Wildman–Crippen MR) is 77.8 cm³/mol. The van der Waals surface area contributed by atoms with E-state index in [0.717, 1.165) is 18.4 Å². The minimum absolute atomic E-state index is 0.0781. The summed E-state index contributed by atoms with van der Waals surface area (Å²) in [5.74, 6) is -0.804. The van der Waals surface area contributed by atoms with Crippen molar-refractivity contribution >= 4 is 23.3 Å². The first-order valence-electron chi connectivity index (χ1n) is 6.83. The monoisotopic (exact) mass is 296 g/mol. The lowest BCUT2D eigenvalue weighted by molar-refractivity contribution is -0.148. The number of amides is 2. The van der Waals surface area contributed by atoms with Crippen LogP contribution in [0.3, 0.4) is 0 Å². The summed E-state index contributed by atoms with van der Waals surface area (Å²) in [5.41, 5.74) is 0.280. The van der Waals surface area contributed by atoms with Crippen LogP contribution in [0, 0.1) is 5.41 Å². The molecule has 1 aromatic rings. The van der Waals surface area contributed by atoms with Gasteiger partial charge in [-0.25, -0.2) is 4.79 Å². The Morgan fingerprint density at radius 2 is 2.15 bits per heavy atom. The Bertz CT molecular complexity index is 467. The second-order valence-electron chi connectivity index (χ2n) is 5.40. The molecule has 6 heteroatoms. The zero-order chi connectivity index (χ0) is 14.6. The first-order valence-corrected chi connectivity index (χ1v) is 7.78. The summed E-state index contributed by atoms with van der Waals surface area (Å²) < 4.78 is 0. The van der Waals surface area contributed by atoms with Crippen LogP contribution in [0.1, 0.15) is 44.2 Å². The summed E-state index contributed by atoms with van der Waals surface area (Å²) in [6.45, 7) is 2.11. The third-order valence-electron chi connectivity index (χ3n) is 3.99. The van der Waals surface area contributed by atoms with Crippen LogP contribution in [0.25, 0.3) is 0 Å². The summed E-state index contributed by atoms with van der Waals surface area (Å²) in [6.07, 6.45) is 3.12. The first-order chi connectivity index (χ1) is 9.53. The van der Waals surface area contributed by atoms with Crippen LogP contribution in [0.5, 0.6) is 0 Å². The quantitative estimate of drug-likeness (QED) is 0.781. The van der Waals surface area contributed by atoms with Gasteiger partial charge in [0, 0.05) is 6.54 Å². The van der Waals surface area contributed by atoms with Gasteiger partial charge in [0.2, 0.25) is 0 Å². The molecule has 1 atom stereocenters. The maximum absolute atomic E-state index is 11.9. The van der Waals surface area contributed by atoms with E-state index < -0.39 is 11.4 Å². The molecule has 0 aliphatic heterocycles. The second-order valence-corrected chi connectivity index (χ2v) is 6.18. The third-order valence-corrected chi connectivity index (χ3v) is 4.69. The smallest absolute Gasteiger partial charge is 0.315 e. The van der Waals surface area contributed by atoms with E-state index in [1.807, 2.05) is 23.8 Å². The minimum atomic E-state index is -0.804. The van der Waals surface area contributed by atoms with Gasteiger partial charge in [0.05, 0.1) is 11.5 Å². The molecule has 2 rings (SSSR count). The van der Waals surface area contributed by atoms with Gasteiger partial charge >= 0.3 is 12.0 Å². The van der Waals surface area contributed by atoms with E-state index in [0.29, 0.717) is 12.8 Å². The molecule has 1 fully saturated rings. The Labute approximate surface area is 122 Å². The molecule has 2 amide bonds. The predicted octanol–water partition coefficient (Wildman–Crippen LogP) is 2.75. The van der Waals surface area contributed by atoms with Crippen molar-refractivity contribution in [2.24, 2.45) is 5.41 Å². The number of hydrogen-bond acceptors (Lipinski definition) is 3. The molecule has 0 spiro atoms.